The lowest BCUT2D eigenvalue weighted by Crippen LogP contribution is -2.10. The van der Waals surface area contributed by atoms with Gasteiger partial charge in [-0.25, -0.2) is 0 Å². The van der Waals surface area contributed by atoms with E-state index in [4.69, 9.17) is 0 Å². The van der Waals surface area contributed by atoms with E-state index < -0.39 is 0 Å². The Morgan fingerprint density at radius 1 is 0.833 bits per heavy atom. The summed E-state index contributed by atoms with van der Waals surface area (Å²) in [5, 5.41) is 2.06. The molecule has 18 heavy (non-hydrogen) atoms. The van der Waals surface area contributed by atoms with Crippen LogP contribution in [0.3, 0.4) is 0 Å². The molecule has 0 fully saturated rings. The van der Waals surface area contributed by atoms with Gasteiger partial charge in [0.1, 0.15) is 0 Å². The molecule has 0 radical (unpaired) electrons. The van der Waals surface area contributed by atoms with Gasteiger partial charge in [0.15, 0.2) is 5.78 Å². The van der Waals surface area contributed by atoms with E-state index in [1.165, 1.54) is 0 Å². The van der Waals surface area contributed by atoms with Gasteiger partial charge in [-0.05, 0) is 47.7 Å². The largest absolute Gasteiger partial charge is 0.289 e. The molecule has 0 heterocycles. The zero-order chi connectivity index (χ0) is 13.3. The second-order valence-electron chi connectivity index (χ2n) is 4.48. The lowest BCUT2D eigenvalue weighted by Gasteiger charge is -2.09. The number of aryl methyl sites for hydroxylation is 2. The standard InChI is InChI=1S/C15H16OP2/c1-9-3-5-11(17)7-13(9)15(16)14-8-12(18)6-4-10(14)2/h3-8H,17-18H2,1-2H3. The fourth-order valence-electron chi connectivity index (χ4n) is 1.91. The Bertz CT molecular complexity index is 564. The van der Waals surface area contributed by atoms with Gasteiger partial charge in [-0.1, -0.05) is 24.3 Å². The first-order chi connectivity index (χ1) is 8.49. The highest BCUT2D eigenvalue weighted by Gasteiger charge is 2.14. The average Bonchev–Trinajstić information content (AvgIpc) is 2.34. The Labute approximate surface area is 112 Å². The molecule has 0 N–H and O–H groups in total. The van der Waals surface area contributed by atoms with Gasteiger partial charge in [0.25, 0.3) is 0 Å². The molecule has 3 heteroatoms. The van der Waals surface area contributed by atoms with E-state index in [0.29, 0.717) is 0 Å². The normalized spacial score (nSPS) is 10.4. The van der Waals surface area contributed by atoms with Crippen LogP contribution >= 0.6 is 18.5 Å². The summed E-state index contributed by atoms with van der Waals surface area (Å²) in [4.78, 5) is 12.6. The number of rotatable bonds is 2. The van der Waals surface area contributed by atoms with Crippen LogP contribution in [-0.4, -0.2) is 5.78 Å². The van der Waals surface area contributed by atoms with Gasteiger partial charge < -0.3 is 0 Å². The Hall–Kier alpha value is -1.03. The van der Waals surface area contributed by atoms with Crippen LogP contribution in [0.2, 0.25) is 0 Å². The molecule has 2 unspecified atom stereocenters. The highest BCUT2D eigenvalue weighted by atomic mass is 31.0. The van der Waals surface area contributed by atoms with Crippen molar-refractivity contribution < 1.29 is 4.79 Å². The number of carbonyl (C=O) groups excluding carboxylic acids is 1. The van der Waals surface area contributed by atoms with Crippen molar-refractivity contribution in [2.45, 2.75) is 13.8 Å². The van der Waals surface area contributed by atoms with Crippen LogP contribution in [0.25, 0.3) is 0 Å². The van der Waals surface area contributed by atoms with Crippen LogP contribution in [0, 0.1) is 13.8 Å². The maximum atomic E-state index is 12.6. The SMILES string of the molecule is Cc1ccc(P)cc1C(=O)c1cc(P)ccc1C. The molecule has 1 nitrogen and oxygen atoms in total. The minimum absolute atomic E-state index is 0.0959. The quantitative estimate of drug-likeness (QED) is 0.607. The van der Waals surface area contributed by atoms with Crippen molar-refractivity contribution >= 4 is 34.9 Å². The molecule has 2 rings (SSSR count). The second-order valence-corrected chi connectivity index (χ2v) is 5.81. The minimum Gasteiger partial charge on any atom is -0.289 e. The fraction of sp³-hybridized carbons (Fsp3) is 0.133. The summed E-state index contributed by atoms with van der Waals surface area (Å²) < 4.78 is 0. The van der Waals surface area contributed by atoms with E-state index in [9.17, 15) is 4.79 Å². The molecule has 0 aromatic heterocycles. The zero-order valence-corrected chi connectivity index (χ0v) is 12.8. The average molecular weight is 274 g/mol. The third-order valence-electron chi connectivity index (χ3n) is 3.01. The summed E-state index contributed by atoms with van der Waals surface area (Å²) in [6, 6.07) is 11.8. The third kappa shape index (κ3) is 2.69. The summed E-state index contributed by atoms with van der Waals surface area (Å²) in [6.45, 7) is 3.94. The molecular formula is C15H16OP2. The van der Waals surface area contributed by atoms with E-state index in [0.717, 1.165) is 32.9 Å². The summed E-state index contributed by atoms with van der Waals surface area (Å²) in [5.41, 5.74) is 3.59. The number of hydrogen-bond acceptors (Lipinski definition) is 1. The van der Waals surface area contributed by atoms with Gasteiger partial charge >= 0.3 is 0 Å². The van der Waals surface area contributed by atoms with Crippen molar-refractivity contribution in [3.8, 4) is 0 Å². The summed E-state index contributed by atoms with van der Waals surface area (Å²) >= 11 is 0. The Balaban J connectivity index is 2.54. The molecule has 2 aromatic carbocycles. The first kappa shape index (κ1) is 13.4. The molecular weight excluding hydrogens is 258 g/mol. The summed E-state index contributed by atoms with van der Waals surface area (Å²) in [6.07, 6.45) is 0. The molecule has 0 aliphatic rings. The van der Waals surface area contributed by atoms with Gasteiger partial charge in [-0.3, -0.25) is 4.79 Å². The van der Waals surface area contributed by atoms with Crippen molar-refractivity contribution in [3.63, 3.8) is 0 Å². The van der Waals surface area contributed by atoms with Crippen LogP contribution in [0.5, 0.6) is 0 Å². The lowest BCUT2D eigenvalue weighted by atomic mass is 9.96. The molecule has 92 valence electrons. The molecule has 0 bridgehead atoms. The molecule has 0 saturated carbocycles. The summed E-state index contributed by atoms with van der Waals surface area (Å²) in [5.74, 6) is 0.0959. The number of benzene rings is 2. The number of hydrogen-bond donors (Lipinski definition) is 0. The maximum Gasteiger partial charge on any atom is 0.193 e. The van der Waals surface area contributed by atoms with Gasteiger partial charge in [0.05, 0.1) is 0 Å². The maximum absolute atomic E-state index is 12.6. The topological polar surface area (TPSA) is 17.1 Å². The first-order valence-corrected chi connectivity index (χ1v) is 6.91. The van der Waals surface area contributed by atoms with Gasteiger partial charge in [0.2, 0.25) is 0 Å². The van der Waals surface area contributed by atoms with E-state index >= 15 is 0 Å². The van der Waals surface area contributed by atoms with Gasteiger partial charge in [0, 0.05) is 11.1 Å². The minimum atomic E-state index is 0.0959. The van der Waals surface area contributed by atoms with Crippen molar-refractivity contribution in [1.82, 2.24) is 0 Å². The van der Waals surface area contributed by atoms with Crippen molar-refractivity contribution in [1.29, 1.82) is 0 Å². The molecule has 0 aliphatic heterocycles. The first-order valence-electron chi connectivity index (χ1n) is 5.76. The zero-order valence-electron chi connectivity index (χ0n) is 10.5. The number of ketones is 1. The molecule has 0 amide bonds. The van der Waals surface area contributed by atoms with Crippen LogP contribution in [-0.2, 0) is 0 Å². The van der Waals surface area contributed by atoms with E-state index in [1.807, 2.05) is 50.2 Å². The Kier molecular flexibility index (Phi) is 3.95. The van der Waals surface area contributed by atoms with Crippen molar-refractivity contribution in [2.75, 3.05) is 0 Å². The van der Waals surface area contributed by atoms with E-state index in [-0.39, 0.29) is 5.78 Å². The lowest BCUT2D eigenvalue weighted by molar-refractivity contribution is 0.103. The highest BCUT2D eigenvalue weighted by molar-refractivity contribution is 7.27. The summed E-state index contributed by atoms with van der Waals surface area (Å²) in [7, 11) is 5.27. The van der Waals surface area contributed by atoms with Crippen LogP contribution in [0.15, 0.2) is 36.4 Å². The fourth-order valence-corrected chi connectivity index (χ4v) is 2.44. The van der Waals surface area contributed by atoms with E-state index in [1.54, 1.807) is 0 Å². The van der Waals surface area contributed by atoms with Crippen LogP contribution < -0.4 is 10.6 Å². The third-order valence-corrected chi connectivity index (χ3v) is 3.73. The van der Waals surface area contributed by atoms with Crippen LogP contribution in [0.1, 0.15) is 27.0 Å². The van der Waals surface area contributed by atoms with Crippen molar-refractivity contribution in [3.05, 3.63) is 58.7 Å². The van der Waals surface area contributed by atoms with Gasteiger partial charge in [-0.2, -0.15) is 0 Å². The van der Waals surface area contributed by atoms with Crippen molar-refractivity contribution in [2.24, 2.45) is 0 Å². The van der Waals surface area contributed by atoms with E-state index in [2.05, 4.69) is 18.5 Å². The molecule has 2 aromatic rings. The molecule has 0 saturated heterocycles. The van der Waals surface area contributed by atoms with Gasteiger partial charge in [-0.15, -0.1) is 18.5 Å². The molecule has 2 atom stereocenters. The number of carbonyl (C=O) groups is 1. The van der Waals surface area contributed by atoms with Crippen LogP contribution in [0.4, 0.5) is 0 Å². The predicted molar refractivity (Wildman–Crippen MR) is 84.5 cm³/mol. The smallest absolute Gasteiger partial charge is 0.193 e. The Morgan fingerprint density at radius 3 is 1.61 bits per heavy atom. The highest BCUT2D eigenvalue weighted by Crippen LogP contribution is 2.16. The Morgan fingerprint density at radius 2 is 1.22 bits per heavy atom. The second kappa shape index (κ2) is 5.31. The predicted octanol–water partition coefficient (Wildman–Crippen LogP) is 2.54. The molecule has 0 spiro atoms. The monoisotopic (exact) mass is 274 g/mol. The molecule has 0 aliphatic carbocycles.